The number of rotatable bonds is 4. The Morgan fingerprint density at radius 3 is 2.25 bits per heavy atom. The zero-order valence-corrected chi connectivity index (χ0v) is 11.6. The van der Waals surface area contributed by atoms with Gasteiger partial charge in [0.05, 0.1) is 6.42 Å². The number of carbonyl (C=O) groups is 1. The lowest BCUT2D eigenvalue weighted by molar-refractivity contribution is -0.137. The van der Waals surface area contributed by atoms with Crippen molar-refractivity contribution in [2.24, 2.45) is 0 Å². The highest BCUT2D eigenvalue weighted by Gasteiger charge is 2.18. The number of halogens is 1. The van der Waals surface area contributed by atoms with Crippen LogP contribution in [0, 0.1) is 19.7 Å². The molecule has 3 heteroatoms. The Bertz CT molecular complexity index is 617. The molecule has 1 atom stereocenters. The van der Waals surface area contributed by atoms with Crippen molar-refractivity contribution in [3.05, 3.63) is 70.5 Å². The second-order valence-corrected chi connectivity index (χ2v) is 5.07. The highest BCUT2D eigenvalue weighted by Crippen LogP contribution is 2.29. The van der Waals surface area contributed by atoms with Crippen LogP contribution in [0.4, 0.5) is 4.39 Å². The summed E-state index contributed by atoms with van der Waals surface area (Å²) < 4.78 is 13.4. The van der Waals surface area contributed by atoms with Crippen LogP contribution in [-0.2, 0) is 4.79 Å². The molecule has 2 rings (SSSR count). The Labute approximate surface area is 117 Å². The summed E-state index contributed by atoms with van der Waals surface area (Å²) in [6, 6.07) is 12.6. The van der Waals surface area contributed by atoms with Crippen molar-refractivity contribution in [3.63, 3.8) is 0 Å². The minimum absolute atomic E-state index is 0.00582. The SMILES string of the molecule is Cc1ccc(C(CC(=O)O)c2ccc(F)c(C)c2)cc1. The molecular weight excluding hydrogens is 255 g/mol. The van der Waals surface area contributed by atoms with Crippen molar-refractivity contribution < 1.29 is 14.3 Å². The Hall–Kier alpha value is -2.16. The Morgan fingerprint density at radius 2 is 1.70 bits per heavy atom. The van der Waals surface area contributed by atoms with E-state index in [-0.39, 0.29) is 18.2 Å². The van der Waals surface area contributed by atoms with Gasteiger partial charge in [-0.15, -0.1) is 0 Å². The molecule has 1 unspecified atom stereocenters. The summed E-state index contributed by atoms with van der Waals surface area (Å²) in [5.74, 6) is -1.39. The number of aryl methyl sites for hydroxylation is 2. The molecule has 0 saturated heterocycles. The van der Waals surface area contributed by atoms with Crippen LogP contribution in [0.1, 0.15) is 34.6 Å². The van der Waals surface area contributed by atoms with E-state index in [1.165, 1.54) is 6.07 Å². The second-order valence-electron chi connectivity index (χ2n) is 5.07. The monoisotopic (exact) mass is 272 g/mol. The molecule has 0 spiro atoms. The molecule has 0 aromatic heterocycles. The summed E-state index contributed by atoms with van der Waals surface area (Å²) in [4.78, 5) is 11.1. The quantitative estimate of drug-likeness (QED) is 0.911. The number of carboxylic acid groups (broad SMARTS) is 1. The predicted octanol–water partition coefficient (Wildman–Crippen LogP) is 4.05. The minimum Gasteiger partial charge on any atom is -0.481 e. The fourth-order valence-electron chi connectivity index (χ4n) is 2.29. The first kappa shape index (κ1) is 14.3. The molecule has 1 N–H and O–H groups in total. The van der Waals surface area contributed by atoms with Crippen molar-refractivity contribution in [1.82, 2.24) is 0 Å². The third-order valence-corrected chi connectivity index (χ3v) is 3.44. The minimum atomic E-state index is -0.863. The molecule has 0 aliphatic carbocycles. The van der Waals surface area contributed by atoms with Crippen LogP contribution in [0.25, 0.3) is 0 Å². The maximum absolute atomic E-state index is 13.4. The zero-order chi connectivity index (χ0) is 14.7. The molecule has 104 valence electrons. The zero-order valence-electron chi connectivity index (χ0n) is 11.6. The van der Waals surface area contributed by atoms with Crippen molar-refractivity contribution in [1.29, 1.82) is 0 Å². The summed E-state index contributed by atoms with van der Waals surface area (Å²) >= 11 is 0. The van der Waals surface area contributed by atoms with Gasteiger partial charge in [-0.1, -0.05) is 42.0 Å². The summed E-state index contributed by atoms with van der Waals surface area (Å²) in [6.07, 6.45) is -0.00582. The fourth-order valence-corrected chi connectivity index (χ4v) is 2.29. The first-order valence-corrected chi connectivity index (χ1v) is 6.52. The molecule has 2 aromatic carbocycles. The Kier molecular flexibility index (Phi) is 4.18. The fraction of sp³-hybridized carbons (Fsp3) is 0.235. The first-order valence-electron chi connectivity index (χ1n) is 6.52. The highest BCUT2D eigenvalue weighted by atomic mass is 19.1. The molecule has 0 radical (unpaired) electrons. The Balaban J connectivity index is 2.43. The van der Waals surface area contributed by atoms with Gasteiger partial charge in [0.2, 0.25) is 0 Å². The first-order chi connectivity index (χ1) is 9.47. The molecule has 0 heterocycles. The molecule has 0 aliphatic rings. The topological polar surface area (TPSA) is 37.3 Å². The molecule has 0 bridgehead atoms. The predicted molar refractivity (Wildman–Crippen MR) is 76.4 cm³/mol. The molecule has 0 fully saturated rings. The second kappa shape index (κ2) is 5.87. The molecule has 0 aliphatic heterocycles. The Morgan fingerprint density at radius 1 is 1.10 bits per heavy atom. The van der Waals surface area contributed by atoms with Crippen LogP contribution in [-0.4, -0.2) is 11.1 Å². The molecule has 2 nitrogen and oxygen atoms in total. The molecular formula is C17H17FO2. The van der Waals surface area contributed by atoms with E-state index in [2.05, 4.69) is 0 Å². The smallest absolute Gasteiger partial charge is 0.304 e. The summed E-state index contributed by atoms with van der Waals surface area (Å²) in [5, 5.41) is 9.11. The van der Waals surface area contributed by atoms with E-state index in [0.29, 0.717) is 5.56 Å². The van der Waals surface area contributed by atoms with Gasteiger partial charge < -0.3 is 5.11 Å². The lowest BCUT2D eigenvalue weighted by Crippen LogP contribution is -2.08. The number of hydrogen-bond acceptors (Lipinski definition) is 1. The lowest BCUT2D eigenvalue weighted by Gasteiger charge is -2.17. The largest absolute Gasteiger partial charge is 0.481 e. The number of aliphatic carboxylic acids is 1. The van der Waals surface area contributed by atoms with E-state index in [4.69, 9.17) is 5.11 Å². The average Bonchev–Trinajstić information content (AvgIpc) is 2.40. The number of hydrogen-bond donors (Lipinski definition) is 1. The van der Waals surface area contributed by atoms with Crippen molar-refractivity contribution >= 4 is 5.97 Å². The van der Waals surface area contributed by atoms with Gasteiger partial charge in [0.1, 0.15) is 5.82 Å². The molecule has 20 heavy (non-hydrogen) atoms. The van der Waals surface area contributed by atoms with Crippen LogP contribution in [0.3, 0.4) is 0 Å². The van der Waals surface area contributed by atoms with Gasteiger partial charge in [-0.3, -0.25) is 4.79 Å². The van der Waals surface area contributed by atoms with E-state index in [1.807, 2.05) is 31.2 Å². The number of benzene rings is 2. The van der Waals surface area contributed by atoms with Crippen LogP contribution in [0.2, 0.25) is 0 Å². The van der Waals surface area contributed by atoms with Gasteiger partial charge in [0, 0.05) is 5.92 Å². The van der Waals surface area contributed by atoms with Gasteiger partial charge >= 0.3 is 5.97 Å². The van der Waals surface area contributed by atoms with Crippen molar-refractivity contribution in [2.45, 2.75) is 26.2 Å². The summed E-state index contributed by atoms with van der Waals surface area (Å²) in [7, 11) is 0. The highest BCUT2D eigenvalue weighted by molar-refractivity contribution is 5.69. The summed E-state index contributed by atoms with van der Waals surface area (Å²) in [6.45, 7) is 3.67. The van der Waals surface area contributed by atoms with Gasteiger partial charge in [-0.25, -0.2) is 4.39 Å². The molecule has 2 aromatic rings. The van der Waals surface area contributed by atoms with Gasteiger partial charge in [-0.2, -0.15) is 0 Å². The van der Waals surface area contributed by atoms with Crippen molar-refractivity contribution in [2.75, 3.05) is 0 Å². The maximum atomic E-state index is 13.4. The average molecular weight is 272 g/mol. The van der Waals surface area contributed by atoms with Crippen LogP contribution in [0.15, 0.2) is 42.5 Å². The van der Waals surface area contributed by atoms with Crippen molar-refractivity contribution in [3.8, 4) is 0 Å². The van der Waals surface area contributed by atoms with E-state index < -0.39 is 5.97 Å². The van der Waals surface area contributed by atoms with E-state index in [1.54, 1.807) is 19.1 Å². The number of carboxylic acids is 1. The lowest BCUT2D eigenvalue weighted by atomic mass is 9.87. The third kappa shape index (κ3) is 3.23. The van der Waals surface area contributed by atoms with Gasteiger partial charge in [0.25, 0.3) is 0 Å². The van der Waals surface area contributed by atoms with Gasteiger partial charge in [0.15, 0.2) is 0 Å². The molecule has 0 saturated carbocycles. The van der Waals surface area contributed by atoms with E-state index in [9.17, 15) is 9.18 Å². The standard InChI is InChI=1S/C17H17FO2/c1-11-3-5-13(6-4-11)15(10-17(19)20)14-7-8-16(18)12(2)9-14/h3-9,15H,10H2,1-2H3,(H,19,20). The van der Waals surface area contributed by atoms with E-state index >= 15 is 0 Å². The van der Waals surface area contributed by atoms with E-state index in [0.717, 1.165) is 16.7 Å². The third-order valence-electron chi connectivity index (χ3n) is 3.44. The van der Waals surface area contributed by atoms with Crippen LogP contribution >= 0.6 is 0 Å². The maximum Gasteiger partial charge on any atom is 0.304 e. The summed E-state index contributed by atoms with van der Waals surface area (Å²) in [5.41, 5.74) is 3.42. The van der Waals surface area contributed by atoms with Crippen LogP contribution in [0.5, 0.6) is 0 Å². The normalized spacial score (nSPS) is 12.2. The van der Waals surface area contributed by atoms with Gasteiger partial charge in [-0.05, 0) is 36.6 Å². The molecule has 0 amide bonds. The van der Waals surface area contributed by atoms with Crippen LogP contribution < -0.4 is 0 Å².